The fourth-order valence-electron chi connectivity index (χ4n) is 3.09. The van der Waals surface area contributed by atoms with Gasteiger partial charge in [0, 0.05) is 6.54 Å². The number of fused-ring (bicyclic) bond motifs is 1. The van der Waals surface area contributed by atoms with Gasteiger partial charge in [-0.1, -0.05) is 6.07 Å². The minimum atomic E-state index is -0.811. The number of ether oxygens (including phenoxy) is 1. The molecule has 7 nitrogen and oxygen atoms in total. The quantitative estimate of drug-likeness (QED) is 0.807. The van der Waals surface area contributed by atoms with Crippen LogP contribution in [0.1, 0.15) is 29.2 Å². The molecule has 0 fully saturated rings. The molecule has 0 radical (unpaired) electrons. The predicted molar refractivity (Wildman–Crippen MR) is 92.6 cm³/mol. The molecule has 0 saturated heterocycles. The smallest absolute Gasteiger partial charge is 0.322 e. The number of aliphatic carboxylic acids is 1. The number of nitrogens with zero attached hydrogens (tertiary/aromatic N) is 4. The van der Waals surface area contributed by atoms with Crippen molar-refractivity contribution in [3.63, 3.8) is 0 Å². The molecule has 3 rings (SSSR count). The van der Waals surface area contributed by atoms with Crippen molar-refractivity contribution in [3.8, 4) is 5.75 Å². The molecule has 1 aromatic carbocycles. The van der Waals surface area contributed by atoms with Crippen molar-refractivity contribution in [1.29, 1.82) is 0 Å². The lowest BCUT2D eigenvalue weighted by atomic mass is 10.1. The highest BCUT2D eigenvalue weighted by atomic mass is 16.5. The number of aryl methyl sites for hydroxylation is 3. The van der Waals surface area contributed by atoms with Crippen LogP contribution >= 0.6 is 0 Å². The number of carboxylic acids is 1. The Hall–Kier alpha value is -2.41. The lowest BCUT2D eigenvalue weighted by Gasteiger charge is -2.33. The van der Waals surface area contributed by atoms with Crippen LogP contribution in [0.3, 0.4) is 0 Å². The maximum Gasteiger partial charge on any atom is 0.322 e. The van der Waals surface area contributed by atoms with Gasteiger partial charge in [-0.3, -0.25) is 9.69 Å². The Labute approximate surface area is 147 Å². The summed E-state index contributed by atoms with van der Waals surface area (Å²) in [5.74, 6) is 1.63. The van der Waals surface area contributed by atoms with Crippen LogP contribution in [0.25, 0.3) is 0 Å². The van der Waals surface area contributed by atoms with Crippen molar-refractivity contribution in [3.05, 3.63) is 41.0 Å². The lowest BCUT2D eigenvalue weighted by molar-refractivity contribution is -0.145. The molecule has 0 spiro atoms. The summed E-state index contributed by atoms with van der Waals surface area (Å²) in [5.41, 5.74) is 2.44. The normalized spacial score (nSPS) is 17.3. The molecule has 1 N–H and O–H groups in total. The second-order valence-corrected chi connectivity index (χ2v) is 6.55. The Morgan fingerprint density at radius 2 is 2.08 bits per heavy atom. The average molecular weight is 344 g/mol. The highest BCUT2D eigenvalue weighted by Crippen LogP contribution is 2.19. The Morgan fingerprint density at radius 3 is 2.80 bits per heavy atom. The molecule has 1 unspecified atom stereocenters. The van der Waals surface area contributed by atoms with E-state index < -0.39 is 12.0 Å². The van der Waals surface area contributed by atoms with Crippen LogP contribution in [-0.2, 0) is 17.9 Å². The topological polar surface area (TPSA) is 80.5 Å². The first-order valence-electron chi connectivity index (χ1n) is 8.51. The predicted octanol–water partition coefficient (Wildman–Crippen LogP) is 1.94. The Kier molecular flexibility index (Phi) is 5.03. The van der Waals surface area contributed by atoms with E-state index in [2.05, 4.69) is 24.0 Å². The van der Waals surface area contributed by atoms with Gasteiger partial charge in [-0.15, -0.1) is 10.2 Å². The minimum absolute atomic E-state index is 0.390. The number of carbonyl (C=O) groups is 1. The van der Waals surface area contributed by atoms with Crippen molar-refractivity contribution in [2.75, 3.05) is 13.2 Å². The van der Waals surface area contributed by atoms with Gasteiger partial charge in [0.25, 0.3) is 0 Å². The summed E-state index contributed by atoms with van der Waals surface area (Å²) in [6.45, 7) is 8.07. The van der Waals surface area contributed by atoms with Gasteiger partial charge in [0.15, 0.2) is 0 Å². The van der Waals surface area contributed by atoms with E-state index in [-0.39, 0.29) is 0 Å². The van der Waals surface area contributed by atoms with E-state index in [1.54, 1.807) is 0 Å². The second-order valence-electron chi connectivity index (χ2n) is 6.55. The standard InChI is InChI=1S/C18H24N4O3/c1-12-5-6-15(9-13(12)2)25-8-4-7-21-11-17-20-19-14(3)22(17)10-16(21)18(23)24/h5-6,9,16H,4,7-8,10-11H2,1-3H3,(H,23,24). The van der Waals surface area contributed by atoms with Gasteiger partial charge in [0.05, 0.1) is 19.7 Å². The molecule has 0 amide bonds. The molecule has 2 aromatic rings. The highest BCUT2D eigenvalue weighted by molar-refractivity contribution is 5.73. The Balaban J connectivity index is 1.56. The number of hydrogen-bond acceptors (Lipinski definition) is 5. The fourth-order valence-corrected chi connectivity index (χ4v) is 3.09. The van der Waals surface area contributed by atoms with Gasteiger partial charge in [0.2, 0.25) is 0 Å². The number of rotatable bonds is 6. The van der Waals surface area contributed by atoms with Gasteiger partial charge < -0.3 is 14.4 Å². The Morgan fingerprint density at radius 1 is 1.28 bits per heavy atom. The van der Waals surface area contributed by atoms with Gasteiger partial charge in [-0.05, 0) is 50.5 Å². The zero-order chi connectivity index (χ0) is 18.0. The summed E-state index contributed by atoms with van der Waals surface area (Å²) in [6.07, 6.45) is 0.754. The van der Waals surface area contributed by atoms with Crippen LogP contribution in [0, 0.1) is 20.8 Å². The zero-order valence-corrected chi connectivity index (χ0v) is 14.9. The van der Waals surface area contributed by atoms with E-state index in [0.29, 0.717) is 26.2 Å². The van der Waals surface area contributed by atoms with E-state index >= 15 is 0 Å². The van der Waals surface area contributed by atoms with E-state index in [1.807, 2.05) is 34.6 Å². The number of aromatic nitrogens is 3. The number of carboxylic acid groups (broad SMARTS) is 1. The molecule has 0 aliphatic carbocycles. The van der Waals surface area contributed by atoms with Crippen LogP contribution in [0.15, 0.2) is 18.2 Å². The largest absolute Gasteiger partial charge is 0.494 e. The molecule has 0 bridgehead atoms. The summed E-state index contributed by atoms with van der Waals surface area (Å²) in [6, 6.07) is 5.49. The first-order chi connectivity index (χ1) is 12.0. The molecular formula is C18H24N4O3. The summed E-state index contributed by atoms with van der Waals surface area (Å²) in [4.78, 5) is 13.5. The van der Waals surface area contributed by atoms with E-state index in [9.17, 15) is 9.90 Å². The Bertz CT molecular complexity index is 772. The monoisotopic (exact) mass is 344 g/mol. The average Bonchev–Trinajstić information content (AvgIpc) is 2.94. The summed E-state index contributed by atoms with van der Waals surface area (Å²) in [7, 11) is 0. The summed E-state index contributed by atoms with van der Waals surface area (Å²) < 4.78 is 7.68. The van der Waals surface area contributed by atoms with Crippen molar-refractivity contribution >= 4 is 5.97 Å². The molecule has 1 aliphatic rings. The van der Waals surface area contributed by atoms with E-state index in [0.717, 1.165) is 23.8 Å². The molecule has 7 heteroatoms. The molecule has 1 aromatic heterocycles. The molecule has 0 saturated carbocycles. The number of hydrogen-bond donors (Lipinski definition) is 1. The first-order valence-corrected chi connectivity index (χ1v) is 8.51. The van der Waals surface area contributed by atoms with Crippen molar-refractivity contribution in [2.24, 2.45) is 0 Å². The molecule has 134 valence electrons. The van der Waals surface area contributed by atoms with Gasteiger partial charge in [0.1, 0.15) is 23.4 Å². The zero-order valence-electron chi connectivity index (χ0n) is 14.9. The van der Waals surface area contributed by atoms with Crippen molar-refractivity contribution in [1.82, 2.24) is 19.7 Å². The summed E-state index contributed by atoms with van der Waals surface area (Å²) in [5, 5.41) is 17.7. The lowest BCUT2D eigenvalue weighted by Crippen LogP contribution is -2.48. The third-order valence-corrected chi connectivity index (χ3v) is 4.77. The SMILES string of the molecule is Cc1ccc(OCCCN2Cc3nnc(C)n3CC2C(=O)O)cc1C. The highest BCUT2D eigenvalue weighted by Gasteiger charge is 2.32. The third-order valence-electron chi connectivity index (χ3n) is 4.77. The van der Waals surface area contributed by atoms with Gasteiger partial charge in [-0.2, -0.15) is 0 Å². The maximum atomic E-state index is 11.6. The van der Waals surface area contributed by atoms with Gasteiger partial charge >= 0.3 is 5.97 Å². The summed E-state index contributed by atoms with van der Waals surface area (Å²) >= 11 is 0. The molecule has 1 atom stereocenters. The van der Waals surface area contributed by atoms with Crippen molar-refractivity contribution in [2.45, 2.75) is 46.3 Å². The molecular weight excluding hydrogens is 320 g/mol. The van der Waals surface area contributed by atoms with Crippen LogP contribution in [0.4, 0.5) is 0 Å². The second kappa shape index (κ2) is 7.23. The number of benzene rings is 1. The van der Waals surface area contributed by atoms with E-state index in [1.165, 1.54) is 11.1 Å². The first kappa shape index (κ1) is 17.4. The van der Waals surface area contributed by atoms with Gasteiger partial charge in [-0.25, -0.2) is 0 Å². The molecule has 25 heavy (non-hydrogen) atoms. The minimum Gasteiger partial charge on any atom is -0.494 e. The molecule has 1 aliphatic heterocycles. The van der Waals surface area contributed by atoms with Crippen molar-refractivity contribution < 1.29 is 14.6 Å². The van der Waals surface area contributed by atoms with Crippen LogP contribution in [0.5, 0.6) is 5.75 Å². The van der Waals surface area contributed by atoms with Crippen LogP contribution < -0.4 is 4.74 Å². The van der Waals surface area contributed by atoms with Crippen LogP contribution in [-0.4, -0.2) is 49.9 Å². The maximum absolute atomic E-state index is 11.6. The third kappa shape index (κ3) is 3.82. The fraction of sp³-hybridized carbons (Fsp3) is 0.500. The van der Waals surface area contributed by atoms with Crippen LogP contribution in [0.2, 0.25) is 0 Å². The van der Waals surface area contributed by atoms with E-state index in [4.69, 9.17) is 4.74 Å². The molecule has 2 heterocycles.